The van der Waals surface area contributed by atoms with Crippen molar-refractivity contribution in [2.75, 3.05) is 13.7 Å². The van der Waals surface area contributed by atoms with Crippen molar-refractivity contribution < 1.29 is 4.74 Å². The Kier molecular flexibility index (Phi) is 7.67. The van der Waals surface area contributed by atoms with E-state index in [9.17, 15) is 0 Å². The summed E-state index contributed by atoms with van der Waals surface area (Å²) in [5.74, 6) is 0. The predicted octanol–water partition coefficient (Wildman–Crippen LogP) is 2.54. The first-order valence-corrected chi connectivity index (χ1v) is 7.42. The van der Waals surface area contributed by atoms with E-state index in [4.69, 9.17) is 4.74 Å². The third-order valence-electron chi connectivity index (χ3n) is 3.26. The van der Waals surface area contributed by atoms with Crippen LogP contribution in [0, 0.1) is 0 Å². The standard InChI is InChI=1S/C14H28N4O/c1-5-8-13(19-4)14(15-9-6-2)12-11-16-17-18(12)10-7-3/h11,13-15H,5-10H2,1-4H3. The van der Waals surface area contributed by atoms with Gasteiger partial charge in [0.25, 0.3) is 0 Å². The van der Waals surface area contributed by atoms with Crippen molar-refractivity contribution in [3.8, 4) is 0 Å². The Labute approximate surface area is 116 Å². The lowest BCUT2D eigenvalue weighted by Crippen LogP contribution is -2.35. The minimum atomic E-state index is 0.172. The Bertz CT molecular complexity index is 340. The van der Waals surface area contributed by atoms with Crippen molar-refractivity contribution in [1.29, 1.82) is 0 Å². The van der Waals surface area contributed by atoms with Crippen LogP contribution in [-0.4, -0.2) is 34.8 Å². The Hall–Kier alpha value is -0.940. The fourth-order valence-electron chi connectivity index (χ4n) is 2.32. The van der Waals surface area contributed by atoms with Gasteiger partial charge in [0.1, 0.15) is 0 Å². The van der Waals surface area contributed by atoms with E-state index in [1.165, 1.54) is 0 Å². The summed E-state index contributed by atoms with van der Waals surface area (Å²) in [5.41, 5.74) is 1.13. The summed E-state index contributed by atoms with van der Waals surface area (Å²) in [6, 6.07) is 0.173. The zero-order valence-electron chi connectivity index (χ0n) is 12.7. The van der Waals surface area contributed by atoms with E-state index in [0.717, 1.165) is 44.5 Å². The normalized spacial score (nSPS) is 14.5. The van der Waals surface area contributed by atoms with Crippen LogP contribution in [0.1, 0.15) is 58.2 Å². The number of nitrogens with zero attached hydrogens (tertiary/aromatic N) is 3. The maximum atomic E-state index is 5.68. The smallest absolute Gasteiger partial charge is 0.0783 e. The molecule has 0 bridgehead atoms. The van der Waals surface area contributed by atoms with Crippen molar-refractivity contribution in [3.05, 3.63) is 11.9 Å². The van der Waals surface area contributed by atoms with Gasteiger partial charge in [0.2, 0.25) is 0 Å². The first-order valence-electron chi connectivity index (χ1n) is 7.42. The number of aromatic nitrogens is 3. The van der Waals surface area contributed by atoms with E-state index < -0.39 is 0 Å². The van der Waals surface area contributed by atoms with Crippen molar-refractivity contribution in [1.82, 2.24) is 20.3 Å². The SMILES string of the molecule is CCCNC(c1cnnn1CCC)C(CCC)OC. The highest BCUT2D eigenvalue weighted by Crippen LogP contribution is 2.22. The van der Waals surface area contributed by atoms with Gasteiger partial charge in [-0.3, -0.25) is 0 Å². The van der Waals surface area contributed by atoms with Crippen LogP contribution in [0.5, 0.6) is 0 Å². The second kappa shape index (κ2) is 9.04. The van der Waals surface area contributed by atoms with Gasteiger partial charge >= 0.3 is 0 Å². The Balaban J connectivity index is 2.90. The molecule has 0 amide bonds. The number of hydrogen-bond donors (Lipinski definition) is 1. The lowest BCUT2D eigenvalue weighted by Gasteiger charge is -2.27. The van der Waals surface area contributed by atoms with Crippen LogP contribution in [0.15, 0.2) is 6.20 Å². The largest absolute Gasteiger partial charge is 0.379 e. The van der Waals surface area contributed by atoms with Crippen LogP contribution >= 0.6 is 0 Å². The highest BCUT2D eigenvalue weighted by molar-refractivity contribution is 5.05. The lowest BCUT2D eigenvalue weighted by molar-refractivity contribution is 0.0577. The second-order valence-electron chi connectivity index (χ2n) is 4.88. The lowest BCUT2D eigenvalue weighted by atomic mass is 10.0. The van der Waals surface area contributed by atoms with Gasteiger partial charge in [-0.1, -0.05) is 32.4 Å². The summed E-state index contributed by atoms with van der Waals surface area (Å²) in [5, 5.41) is 11.8. The van der Waals surface area contributed by atoms with Gasteiger partial charge < -0.3 is 10.1 Å². The van der Waals surface area contributed by atoms with E-state index in [-0.39, 0.29) is 12.1 Å². The predicted molar refractivity (Wildman–Crippen MR) is 77.1 cm³/mol. The molecule has 110 valence electrons. The maximum Gasteiger partial charge on any atom is 0.0783 e. The second-order valence-corrected chi connectivity index (χ2v) is 4.88. The third-order valence-corrected chi connectivity index (χ3v) is 3.26. The van der Waals surface area contributed by atoms with Gasteiger partial charge in [-0.25, -0.2) is 4.68 Å². The van der Waals surface area contributed by atoms with E-state index in [1.807, 2.05) is 10.9 Å². The Morgan fingerprint density at radius 2 is 2.05 bits per heavy atom. The average Bonchev–Trinajstić information content (AvgIpc) is 2.86. The molecule has 19 heavy (non-hydrogen) atoms. The minimum absolute atomic E-state index is 0.172. The molecule has 0 aromatic carbocycles. The van der Waals surface area contributed by atoms with Crippen LogP contribution in [-0.2, 0) is 11.3 Å². The van der Waals surface area contributed by atoms with Crippen LogP contribution < -0.4 is 5.32 Å². The molecule has 1 N–H and O–H groups in total. The van der Waals surface area contributed by atoms with E-state index >= 15 is 0 Å². The number of ether oxygens (including phenoxy) is 1. The fraction of sp³-hybridized carbons (Fsp3) is 0.857. The zero-order valence-corrected chi connectivity index (χ0v) is 12.7. The number of rotatable bonds is 10. The molecule has 0 fully saturated rings. The number of methoxy groups -OCH3 is 1. The summed E-state index contributed by atoms with van der Waals surface area (Å²) in [7, 11) is 1.79. The highest BCUT2D eigenvalue weighted by Gasteiger charge is 2.25. The zero-order chi connectivity index (χ0) is 14.1. The molecule has 0 aliphatic carbocycles. The summed E-state index contributed by atoms with van der Waals surface area (Å²) < 4.78 is 7.67. The van der Waals surface area contributed by atoms with Crippen molar-refractivity contribution in [2.45, 2.75) is 65.1 Å². The molecule has 0 saturated carbocycles. The Morgan fingerprint density at radius 3 is 2.63 bits per heavy atom. The van der Waals surface area contributed by atoms with Gasteiger partial charge in [-0.2, -0.15) is 0 Å². The van der Waals surface area contributed by atoms with Crippen LogP contribution in [0.25, 0.3) is 0 Å². The fourth-order valence-corrected chi connectivity index (χ4v) is 2.32. The van der Waals surface area contributed by atoms with Gasteiger partial charge in [0.05, 0.1) is 24.0 Å². The molecule has 1 aromatic rings. The molecular formula is C14H28N4O. The van der Waals surface area contributed by atoms with E-state index in [1.54, 1.807) is 7.11 Å². The van der Waals surface area contributed by atoms with Crippen LogP contribution in [0.2, 0.25) is 0 Å². The molecule has 1 aromatic heterocycles. The molecule has 5 nitrogen and oxygen atoms in total. The highest BCUT2D eigenvalue weighted by atomic mass is 16.5. The molecule has 0 radical (unpaired) electrons. The molecule has 0 aliphatic heterocycles. The summed E-state index contributed by atoms with van der Waals surface area (Å²) in [4.78, 5) is 0. The Morgan fingerprint density at radius 1 is 1.26 bits per heavy atom. The molecule has 5 heteroatoms. The van der Waals surface area contributed by atoms with Gasteiger partial charge in [0, 0.05) is 13.7 Å². The van der Waals surface area contributed by atoms with E-state index in [0.29, 0.717) is 0 Å². The van der Waals surface area contributed by atoms with Crippen molar-refractivity contribution in [2.24, 2.45) is 0 Å². The number of aryl methyl sites for hydroxylation is 1. The first kappa shape index (κ1) is 16.1. The molecule has 0 aliphatic rings. The first-order chi connectivity index (χ1) is 9.28. The van der Waals surface area contributed by atoms with Crippen LogP contribution in [0.3, 0.4) is 0 Å². The monoisotopic (exact) mass is 268 g/mol. The van der Waals surface area contributed by atoms with Gasteiger partial charge in [-0.15, -0.1) is 5.10 Å². The molecule has 0 saturated heterocycles. The van der Waals surface area contributed by atoms with Crippen molar-refractivity contribution in [3.63, 3.8) is 0 Å². The molecule has 2 unspecified atom stereocenters. The topological polar surface area (TPSA) is 52.0 Å². The molecule has 1 heterocycles. The molecular weight excluding hydrogens is 240 g/mol. The summed E-state index contributed by atoms with van der Waals surface area (Å²) in [6.45, 7) is 8.39. The van der Waals surface area contributed by atoms with Gasteiger partial charge in [-0.05, 0) is 25.8 Å². The van der Waals surface area contributed by atoms with Crippen LogP contribution in [0.4, 0.5) is 0 Å². The number of hydrogen-bond acceptors (Lipinski definition) is 4. The van der Waals surface area contributed by atoms with E-state index in [2.05, 4.69) is 36.4 Å². The quantitative estimate of drug-likeness (QED) is 0.708. The maximum absolute atomic E-state index is 5.68. The summed E-state index contributed by atoms with van der Waals surface area (Å²) in [6.07, 6.45) is 6.35. The average molecular weight is 268 g/mol. The minimum Gasteiger partial charge on any atom is -0.379 e. The third kappa shape index (κ3) is 4.58. The molecule has 2 atom stereocenters. The molecule has 0 spiro atoms. The molecule has 1 rings (SSSR count). The summed E-state index contributed by atoms with van der Waals surface area (Å²) >= 11 is 0. The van der Waals surface area contributed by atoms with Crippen molar-refractivity contribution >= 4 is 0 Å². The number of nitrogens with one attached hydrogen (secondary N) is 1. The van der Waals surface area contributed by atoms with Gasteiger partial charge in [0.15, 0.2) is 0 Å².